The number of hydrogen-bond acceptors (Lipinski definition) is 6. The molecule has 0 bridgehead atoms. The van der Waals surface area contributed by atoms with Gasteiger partial charge >= 0.3 is 0 Å². The van der Waals surface area contributed by atoms with E-state index < -0.39 is 6.17 Å². The van der Waals surface area contributed by atoms with E-state index in [2.05, 4.69) is 32.7 Å². The topological polar surface area (TPSA) is 53.1 Å². The highest BCUT2D eigenvalue weighted by Crippen LogP contribution is 2.30. The van der Waals surface area contributed by atoms with Crippen molar-refractivity contribution in [1.82, 2.24) is 15.3 Å². The van der Waals surface area contributed by atoms with Gasteiger partial charge in [-0.25, -0.2) is 14.4 Å². The van der Waals surface area contributed by atoms with Crippen LogP contribution in [0.25, 0.3) is 10.7 Å². The van der Waals surface area contributed by atoms with Crippen molar-refractivity contribution in [2.45, 2.75) is 37.9 Å². The summed E-state index contributed by atoms with van der Waals surface area (Å²) < 4.78 is 13.4. The first-order valence-electron chi connectivity index (χ1n) is 9.06. The predicted molar refractivity (Wildman–Crippen MR) is 101 cm³/mol. The van der Waals surface area contributed by atoms with Crippen molar-refractivity contribution in [3.8, 4) is 10.7 Å². The van der Waals surface area contributed by atoms with Gasteiger partial charge in [0, 0.05) is 55.6 Å². The molecule has 0 amide bonds. The zero-order valence-corrected chi connectivity index (χ0v) is 15.1. The fourth-order valence-electron chi connectivity index (χ4n) is 3.55. The van der Waals surface area contributed by atoms with Crippen LogP contribution in [0, 0.1) is 0 Å². The predicted octanol–water partition coefficient (Wildman–Crippen LogP) is 3.31. The van der Waals surface area contributed by atoms with Gasteiger partial charge in [0.2, 0.25) is 0 Å². The molecule has 0 atom stereocenters. The van der Waals surface area contributed by atoms with Crippen molar-refractivity contribution in [3.05, 3.63) is 23.7 Å². The number of pyridine rings is 1. The summed E-state index contributed by atoms with van der Waals surface area (Å²) in [5.74, 6) is 0.996. The van der Waals surface area contributed by atoms with E-state index in [4.69, 9.17) is 4.98 Å². The Morgan fingerprint density at radius 2 is 1.96 bits per heavy atom. The maximum Gasteiger partial charge on any atom is 0.141 e. The minimum Gasteiger partial charge on any atom is -0.382 e. The van der Waals surface area contributed by atoms with E-state index in [1.807, 2.05) is 11.6 Å². The van der Waals surface area contributed by atoms with Gasteiger partial charge in [0.15, 0.2) is 0 Å². The highest BCUT2D eigenvalue weighted by Gasteiger charge is 2.21. The molecule has 2 fully saturated rings. The summed E-state index contributed by atoms with van der Waals surface area (Å²) in [5, 5.41) is 9.91. The van der Waals surface area contributed by atoms with Crippen LogP contribution in [0.5, 0.6) is 0 Å². The first-order chi connectivity index (χ1) is 12.3. The molecule has 4 rings (SSSR count). The molecule has 0 aromatic carbocycles. The Morgan fingerprint density at radius 3 is 2.68 bits per heavy atom. The summed E-state index contributed by atoms with van der Waals surface area (Å²) in [6, 6.07) is 4.55. The standard InChI is InChI=1S/C18H24FN5S/c19-13-1-3-14(4-2-13)22-15-11-16(18-21-7-10-25-18)23-17(12-15)24-8-5-20-6-9-24/h7,10-14,20H,1-6,8-9H2,(H,22,23). The molecule has 2 N–H and O–H groups in total. The molecular weight excluding hydrogens is 337 g/mol. The molecular formula is C18H24FN5S. The molecule has 1 aliphatic heterocycles. The molecule has 25 heavy (non-hydrogen) atoms. The lowest BCUT2D eigenvalue weighted by molar-refractivity contribution is 0.242. The van der Waals surface area contributed by atoms with Crippen LogP contribution in [0.4, 0.5) is 15.9 Å². The molecule has 2 aromatic heterocycles. The van der Waals surface area contributed by atoms with Crippen molar-refractivity contribution in [1.29, 1.82) is 0 Å². The molecule has 1 saturated carbocycles. The molecule has 3 heterocycles. The third-order valence-electron chi connectivity index (χ3n) is 4.93. The van der Waals surface area contributed by atoms with Crippen molar-refractivity contribution >= 4 is 22.8 Å². The monoisotopic (exact) mass is 361 g/mol. The summed E-state index contributed by atoms with van der Waals surface area (Å²) in [6.45, 7) is 3.88. The summed E-state index contributed by atoms with van der Waals surface area (Å²) in [5.41, 5.74) is 1.98. The van der Waals surface area contributed by atoms with Crippen molar-refractivity contribution in [3.63, 3.8) is 0 Å². The number of halogens is 1. The summed E-state index contributed by atoms with van der Waals surface area (Å²) in [7, 11) is 0. The van der Waals surface area contributed by atoms with Gasteiger partial charge in [-0.1, -0.05) is 0 Å². The van der Waals surface area contributed by atoms with Gasteiger partial charge in [0.05, 0.1) is 0 Å². The number of piperazine rings is 1. The minimum absolute atomic E-state index is 0.342. The number of aromatic nitrogens is 2. The molecule has 0 radical (unpaired) electrons. The van der Waals surface area contributed by atoms with Gasteiger partial charge in [0.25, 0.3) is 0 Å². The molecule has 2 aromatic rings. The van der Waals surface area contributed by atoms with Crippen LogP contribution in [0.15, 0.2) is 23.7 Å². The molecule has 0 unspecified atom stereocenters. The number of rotatable bonds is 4. The number of alkyl halides is 1. The van der Waals surface area contributed by atoms with E-state index in [0.29, 0.717) is 18.9 Å². The molecule has 0 spiro atoms. The average Bonchev–Trinajstić information content (AvgIpc) is 3.19. The second-order valence-corrected chi connectivity index (χ2v) is 7.66. The summed E-state index contributed by atoms with van der Waals surface area (Å²) >= 11 is 1.60. The number of nitrogens with zero attached hydrogens (tertiary/aromatic N) is 3. The van der Waals surface area contributed by atoms with Gasteiger partial charge in [-0.15, -0.1) is 11.3 Å². The highest BCUT2D eigenvalue weighted by molar-refractivity contribution is 7.13. The van der Waals surface area contributed by atoms with Crippen LogP contribution < -0.4 is 15.5 Å². The normalized spacial score (nSPS) is 24.3. The Hall–Kier alpha value is -1.73. The van der Waals surface area contributed by atoms with Crippen LogP contribution in [-0.4, -0.2) is 48.4 Å². The molecule has 5 nitrogen and oxygen atoms in total. The van der Waals surface area contributed by atoms with Gasteiger partial charge in [-0.3, -0.25) is 0 Å². The Kier molecular flexibility index (Phi) is 5.12. The lowest BCUT2D eigenvalue weighted by Crippen LogP contribution is -2.44. The molecule has 1 saturated heterocycles. The van der Waals surface area contributed by atoms with Crippen LogP contribution in [-0.2, 0) is 0 Å². The van der Waals surface area contributed by atoms with Crippen LogP contribution >= 0.6 is 11.3 Å². The third-order valence-corrected chi connectivity index (χ3v) is 5.73. The second kappa shape index (κ2) is 7.66. The zero-order valence-electron chi connectivity index (χ0n) is 14.2. The smallest absolute Gasteiger partial charge is 0.141 e. The SMILES string of the molecule is FC1CCC(Nc2cc(-c3nccs3)nc(N3CCNCC3)c2)CC1. The first-order valence-corrected chi connectivity index (χ1v) is 9.94. The Labute approximate surface area is 151 Å². The highest BCUT2D eigenvalue weighted by atomic mass is 32.1. The van der Waals surface area contributed by atoms with E-state index >= 15 is 0 Å². The van der Waals surface area contributed by atoms with Crippen molar-refractivity contribution in [2.75, 3.05) is 36.4 Å². The van der Waals surface area contributed by atoms with Gasteiger partial charge in [0.1, 0.15) is 22.7 Å². The van der Waals surface area contributed by atoms with Crippen molar-refractivity contribution < 1.29 is 4.39 Å². The number of anilines is 2. The fourth-order valence-corrected chi connectivity index (χ4v) is 4.15. The van der Waals surface area contributed by atoms with Crippen LogP contribution in [0.2, 0.25) is 0 Å². The van der Waals surface area contributed by atoms with Gasteiger partial charge in [-0.2, -0.15) is 0 Å². The first kappa shape index (κ1) is 16.7. The summed E-state index contributed by atoms with van der Waals surface area (Å²) in [4.78, 5) is 11.6. The lowest BCUT2D eigenvalue weighted by atomic mass is 9.94. The maximum absolute atomic E-state index is 13.4. The van der Waals surface area contributed by atoms with E-state index in [1.165, 1.54) is 0 Å². The van der Waals surface area contributed by atoms with E-state index in [0.717, 1.165) is 61.2 Å². The summed E-state index contributed by atoms with van der Waals surface area (Å²) in [6.07, 6.45) is 4.28. The number of thiazole rings is 1. The average molecular weight is 361 g/mol. The van der Waals surface area contributed by atoms with E-state index in [1.54, 1.807) is 11.3 Å². The third kappa shape index (κ3) is 4.10. The number of nitrogens with one attached hydrogen (secondary N) is 2. The van der Waals surface area contributed by atoms with E-state index in [-0.39, 0.29) is 0 Å². The second-order valence-electron chi connectivity index (χ2n) is 6.77. The maximum atomic E-state index is 13.4. The van der Waals surface area contributed by atoms with Crippen molar-refractivity contribution in [2.24, 2.45) is 0 Å². The quantitative estimate of drug-likeness (QED) is 0.875. The van der Waals surface area contributed by atoms with Gasteiger partial charge in [-0.05, 0) is 31.7 Å². The molecule has 134 valence electrons. The molecule has 2 aliphatic rings. The Balaban J connectivity index is 1.59. The zero-order chi connectivity index (χ0) is 17.1. The van der Waals surface area contributed by atoms with Crippen LogP contribution in [0.1, 0.15) is 25.7 Å². The minimum atomic E-state index is -0.627. The largest absolute Gasteiger partial charge is 0.382 e. The Morgan fingerprint density at radius 1 is 1.16 bits per heavy atom. The van der Waals surface area contributed by atoms with Gasteiger partial charge < -0.3 is 15.5 Å². The number of hydrogen-bond donors (Lipinski definition) is 2. The molecule has 1 aliphatic carbocycles. The van der Waals surface area contributed by atoms with Crippen LogP contribution in [0.3, 0.4) is 0 Å². The molecule has 7 heteroatoms. The fraction of sp³-hybridized carbons (Fsp3) is 0.556. The van der Waals surface area contributed by atoms with E-state index in [9.17, 15) is 4.39 Å². The Bertz CT molecular complexity index is 679. The lowest BCUT2D eigenvalue weighted by Gasteiger charge is -2.30.